The van der Waals surface area contributed by atoms with Crippen LogP contribution in [0.1, 0.15) is 5.56 Å². The molecule has 0 radical (unpaired) electrons. The van der Waals surface area contributed by atoms with Crippen LogP contribution in [-0.2, 0) is 9.59 Å². The van der Waals surface area contributed by atoms with E-state index in [4.69, 9.17) is 43.1 Å². The molecule has 0 unspecified atom stereocenters. The molecule has 3 rings (SSSR count). The summed E-state index contributed by atoms with van der Waals surface area (Å²) in [4.78, 5) is 25.0. The van der Waals surface area contributed by atoms with Gasteiger partial charge in [-0.3, -0.25) is 9.69 Å². The van der Waals surface area contributed by atoms with Crippen LogP contribution in [-0.4, -0.2) is 42.9 Å². The Bertz CT molecular complexity index is 1040. The van der Waals surface area contributed by atoms with E-state index in [1.165, 1.54) is 18.1 Å². The number of amides is 1. The fourth-order valence-electron chi connectivity index (χ4n) is 2.76. The predicted molar refractivity (Wildman–Crippen MR) is 115 cm³/mol. The molecule has 0 saturated carbocycles. The van der Waals surface area contributed by atoms with Gasteiger partial charge in [0.1, 0.15) is 11.4 Å². The number of ether oxygens (including phenoxy) is 3. The van der Waals surface area contributed by atoms with Crippen molar-refractivity contribution < 1.29 is 28.9 Å². The van der Waals surface area contributed by atoms with Crippen molar-refractivity contribution in [2.75, 3.05) is 25.7 Å². The van der Waals surface area contributed by atoms with Crippen molar-refractivity contribution in [2.45, 2.75) is 0 Å². The van der Waals surface area contributed by atoms with E-state index in [1.54, 1.807) is 43.5 Å². The second-order valence-corrected chi connectivity index (χ2v) is 6.84. The van der Waals surface area contributed by atoms with Crippen LogP contribution in [0.3, 0.4) is 0 Å². The lowest BCUT2D eigenvalue weighted by molar-refractivity contribution is -0.139. The highest BCUT2D eigenvalue weighted by atomic mass is 35.5. The second-order valence-electron chi connectivity index (χ2n) is 6.04. The zero-order chi connectivity index (χ0) is 21.8. The minimum absolute atomic E-state index is 0.102. The number of carbonyl (C=O) groups is 2. The Morgan fingerprint density at radius 2 is 1.93 bits per heavy atom. The van der Waals surface area contributed by atoms with E-state index in [0.717, 1.165) is 0 Å². The molecule has 8 nitrogen and oxygen atoms in total. The van der Waals surface area contributed by atoms with Crippen molar-refractivity contribution in [2.24, 2.45) is 0 Å². The number of nitrogens with zero attached hydrogens (tertiary/aromatic N) is 1. The summed E-state index contributed by atoms with van der Waals surface area (Å²) in [5.74, 6) is -0.494. The summed E-state index contributed by atoms with van der Waals surface area (Å²) >= 11 is 11.5. The number of hydrogen-bond donors (Lipinski definition) is 2. The summed E-state index contributed by atoms with van der Waals surface area (Å²) in [6.07, 6.45) is 1.56. The van der Waals surface area contributed by atoms with Crippen LogP contribution in [0.4, 0.5) is 5.69 Å². The maximum atomic E-state index is 12.9. The number of anilines is 1. The molecule has 0 spiro atoms. The predicted octanol–water partition coefficient (Wildman–Crippen LogP) is 3.08. The number of rotatable bonds is 7. The Morgan fingerprint density at radius 3 is 2.53 bits per heavy atom. The zero-order valence-electron chi connectivity index (χ0n) is 16.0. The molecule has 0 aromatic heterocycles. The summed E-state index contributed by atoms with van der Waals surface area (Å²) in [6.45, 7) is -0.568. The molecule has 1 aliphatic heterocycles. The number of nitrogens with one attached hydrogen (secondary N) is 1. The van der Waals surface area contributed by atoms with Crippen LogP contribution in [0.15, 0.2) is 42.1 Å². The van der Waals surface area contributed by atoms with Crippen LogP contribution in [0.2, 0.25) is 5.02 Å². The highest BCUT2D eigenvalue weighted by Gasteiger charge is 2.32. The fraction of sp³-hybridized carbons (Fsp3) is 0.150. The molecule has 2 aromatic rings. The molecule has 10 heteroatoms. The monoisotopic (exact) mass is 448 g/mol. The minimum Gasteiger partial charge on any atom is -0.497 e. The van der Waals surface area contributed by atoms with Crippen LogP contribution in [0, 0.1) is 0 Å². The third-order valence-corrected chi connectivity index (χ3v) is 4.68. The smallest absolute Gasteiger partial charge is 0.341 e. The molecule has 1 aliphatic rings. The highest BCUT2D eigenvalue weighted by Crippen LogP contribution is 2.37. The van der Waals surface area contributed by atoms with Crippen molar-refractivity contribution in [3.05, 3.63) is 52.7 Å². The van der Waals surface area contributed by atoms with E-state index in [9.17, 15) is 9.59 Å². The van der Waals surface area contributed by atoms with Crippen molar-refractivity contribution >= 4 is 52.6 Å². The van der Waals surface area contributed by atoms with Crippen LogP contribution >= 0.6 is 23.8 Å². The number of methoxy groups -OCH3 is 2. The first-order valence-electron chi connectivity index (χ1n) is 8.57. The fourth-order valence-corrected chi connectivity index (χ4v) is 3.34. The Labute approximate surface area is 182 Å². The molecule has 1 heterocycles. The third kappa shape index (κ3) is 4.47. The molecule has 1 fully saturated rings. The van der Waals surface area contributed by atoms with Gasteiger partial charge in [0.05, 0.1) is 24.9 Å². The van der Waals surface area contributed by atoms with Gasteiger partial charge in [-0.25, -0.2) is 4.79 Å². The molecule has 30 heavy (non-hydrogen) atoms. The van der Waals surface area contributed by atoms with Crippen molar-refractivity contribution in [1.82, 2.24) is 5.32 Å². The maximum absolute atomic E-state index is 12.9. The van der Waals surface area contributed by atoms with Crippen LogP contribution < -0.4 is 24.4 Å². The van der Waals surface area contributed by atoms with E-state index in [1.807, 2.05) is 0 Å². The van der Waals surface area contributed by atoms with Gasteiger partial charge in [-0.15, -0.1) is 0 Å². The Morgan fingerprint density at radius 1 is 1.23 bits per heavy atom. The van der Waals surface area contributed by atoms with Crippen molar-refractivity contribution in [3.8, 4) is 17.2 Å². The molecule has 2 N–H and O–H groups in total. The first-order valence-corrected chi connectivity index (χ1v) is 9.36. The van der Waals surface area contributed by atoms with E-state index in [0.29, 0.717) is 17.0 Å². The Kier molecular flexibility index (Phi) is 6.43. The summed E-state index contributed by atoms with van der Waals surface area (Å²) in [6, 6.07) is 10.0. The molecule has 2 aromatic carbocycles. The first kappa shape index (κ1) is 21.4. The number of thiocarbonyl (C=S) groups is 1. The van der Waals surface area contributed by atoms with Gasteiger partial charge in [-0.05, 0) is 60.3 Å². The molecule has 1 saturated heterocycles. The lowest BCUT2D eigenvalue weighted by Crippen LogP contribution is -2.30. The summed E-state index contributed by atoms with van der Waals surface area (Å²) < 4.78 is 15.5. The van der Waals surface area contributed by atoms with Gasteiger partial charge >= 0.3 is 5.97 Å². The zero-order valence-corrected chi connectivity index (χ0v) is 17.5. The molecular weight excluding hydrogens is 432 g/mol. The number of hydrogen-bond acceptors (Lipinski definition) is 6. The van der Waals surface area contributed by atoms with Crippen molar-refractivity contribution in [3.63, 3.8) is 0 Å². The summed E-state index contributed by atoms with van der Waals surface area (Å²) in [5.41, 5.74) is 1.37. The first-order chi connectivity index (χ1) is 14.3. The van der Waals surface area contributed by atoms with Gasteiger partial charge in [0, 0.05) is 0 Å². The Balaban J connectivity index is 1.89. The number of aliphatic carboxylic acids is 1. The van der Waals surface area contributed by atoms with Gasteiger partial charge in [0.25, 0.3) is 5.91 Å². The third-order valence-electron chi connectivity index (χ3n) is 4.11. The molecular formula is C20H17ClN2O6S. The normalized spacial score (nSPS) is 14.6. The molecule has 0 aliphatic carbocycles. The summed E-state index contributed by atoms with van der Waals surface area (Å²) in [7, 11) is 2.95. The number of carboxylic acids is 1. The number of carbonyl (C=O) groups excluding carboxylic acids is 1. The van der Waals surface area contributed by atoms with Crippen LogP contribution in [0.5, 0.6) is 17.2 Å². The van der Waals surface area contributed by atoms with Gasteiger partial charge in [-0.2, -0.15) is 0 Å². The van der Waals surface area contributed by atoms with Gasteiger partial charge in [0.15, 0.2) is 23.2 Å². The van der Waals surface area contributed by atoms with Crippen LogP contribution in [0.25, 0.3) is 6.08 Å². The molecule has 0 atom stereocenters. The van der Waals surface area contributed by atoms with Gasteiger partial charge in [0.2, 0.25) is 0 Å². The SMILES string of the molecule is COc1ccc(N2C(=O)/C(=C/c3cc(Cl)c(OCC(=O)O)c(OC)c3)NC2=S)cc1. The van der Waals surface area contributed by atoms with Gasteiger partial charge < -0.3 is 24.6 Å². The average molecular weight is 449 g/mol. The lowest BCUT2D eigenvalue weighted by Gasteiger charge is -2.14. The quantitative estimate of drug-likeness (QED) is 0.492. The van der Waals surface area contributed by atoms with Crippen molar-refractivity contribution in [1.29, 1.82) is 0 Å². The maximum Gasteiger partial charge on any atom is 0.341 e. The highest BCUT2D eigenvalue weighted by molar-refractivity contribution is 7.80. The number of benzene rings is 2. The molecule has 156 valence electrons. The topological polar surface area (TPSA) is 97.3 Å². The standard InChI is InChI=1S/C20H17ClN2O6S/c1-27-13-5-3-12(4-6-13)23-19(26)15(22-20(23)30)8-11-7-14(21)18(16(9-11)28-2)29-10-17(24)25/h3-9H,10H2,1-2H3,(H,22,30)(H,24,25)/b15-8-. The minimum atomic E-state index is -1.15. The van der Waals surface area contributed by atoms with E-state index >= 15 is 0 Å². The second kappa shape index (κ2) is 9.02. The Hall–Kier alpha value is -3.30. The van der Waals surface area contributed by atoms with E-state index < -0.39 is 12.6 Å². The molecule has 1 amide bonds. The van der Waals surface area contributed by atoms with E-state index in [-0.39, 0.29) is 33.2 Å². The summed E-state index contributed by atoms with van der Waals surface area (Å²) in [5, 5.41) is 12.0. The molecule has 0 bridgehead atoms. The number of halogens is 1. The van der Waals surface area contributed by atoms with E-state index in [2.05, 4.69) is 5.32 Å². The average Bonchev–Trinajstić information content (AvgIpc) is 2.99. The number of carboxylic acid groups (broad SMARTS) is 1. The van der Waals surface area contributed by atoms with Gasteiger partial charge in [-0.1, -0.05) is 11.6 Å². The lowest BCUT2D eigenvalue weighted by atomic mass is 10.1. The largest absolute Gasteiger partial charge is 0.497 e.